The molecule has 0 aromatic rings. The summed E-state index contributed by atoms with van der Waals surface area (Å²) in [6.07, 6.45) is 38.3. The number of aliphatic hydroxyl groups is 1. The van der Waals surface area contributed by atoms with Crippen LogP contribution in [0.15, 0.2) is 60.8 Å². The molecule has 0 heterocycles. The molecule has 0 aromatic heterocycles. The van der Waals surface area contributed by atoms with Crippen LogP contribution in [0.1, 0.15) is 129 Å². The van der Waals surface area contributed by atoms with E-state index >= 15 is 0 Å². The number of hydrogen-bond donors (Lipinski definition) is 2. The Morgan fingerprint density at radius 1 is 0.729 bits per heavy atom. The van der Waals surface area contributed by atoms with Crippen molar-refractivity contribution < 1.29 is 32.9 Å². The van der Waals surface area contributed by atoms with Gasteiger partial charge < -0.3 is 28.8 Å². The number of phosphoric acid groups is 1. The fourth-order valence-electron chi connectivity index (χ4n) is 4.63. The molecule has 9 heteroatoms. The Kier molecular flexibility index (Phi) is 30.0. The summed E-state index contributed by atoms with van der Waals surface area (Å²) in [5.74, 6) is -0.232. The number of likely N-dealkylation sites (N-methyl/N-ethyl adjacent to an activating group) is 1. The SMILES string of the molecule is CCC/C=C\C/C=C\CCCCCCCC(=O)NC(COP(=O)([O-])OCC[N+](C)(C)C)C(O)/C=C/CC/C=C/CC/C=C/CCCCC. The molecule has 0 bridgehead atoms. The molecule has 0 radical (unpaired) electrons. The largest absolute Gasteiger partial charge is 0.756 e. The van der Waals surface area contributed by atoms with Crippen molar-refractivity contribution in [1.82, 2.24) is 5.32 Å². The Labute approximate surface area is 294 Å². The van der Waals surface area contributed by atoms with Crippen LogP contribution in [0.5, 0.6) is 0 Å². The molecule has 0 saturated heterocycles. The van der Waals surface area contributed by atoms with E-state index in [1.54, 1.807) is 6.08 Å². The van der Waals surface area contributed by atoms with E-state index in [1.807, 2.05) is 27.2 Å². The third-order valence-electron chi connectivity index (χ3n) is 7.66. The maximum atomic E-state index is 12.7. The van der Waals surface area contributed by atoms with E-state index in [-0.39, 0.29) is 12.5 Å². The molecule has 278 valence electrons. The van der Waals surface area contributed by atoms with E-state index in [0.29, 0.717) is 17.4 Å². The second-order valence-electron chi connectivity index (χ2n) is 13.5. The number of nitrogens with zero attached hydrogens (tertiary/aromatic N) is 1. The fourth-order valence-corrected chi connectivity index (χ4v) is 5.35. The molecule has 48 heavy (non-hydrogen) atoms. The minimum absolute atomic E-state index is 0.0147. The molecule has 2 N–H and O–H groups in total. The van der Waals surface area contributed by atoms with Gasteiger partial charge in [0, 0.05) is 6.42 Å². The topological polar surface area (TPSA) is 108 Å². The summed E-state index contributed by atoms with van der Waals surface area (Å²) in [7, 11) is 1.21. The van der Waals surface area contributed by atoms with Crippen molar-refractivity contribution in [2.75, 3.05) is 40.9 Å². The van der Waals surface area contributed by atoms with E-state index in [0.717, 1.165) is 83.5 Å². The molecule has 8 nitrogen and oxygen atoms in total. The van der Waals surface area contributed by atoms with Gasteiger partial charge in [-0.3, -0.25) is 9.36 Å². The van der Waals surface area contributed by atoms with Gasteiger partial charge in [-0.05, 0) is 70.6 Å². The van der Waals surface area contributed by atoms with E-state index < -0.39 is 26.6 Å². The number of carbonyl (C=O) groups excluding carboxylic acids is 1. The highest BCUT2D eigenvalue weighted by atomic mass is 31.2. The summed E-state index contributed by atoms with van der Waals surface area (Å²) in [6.45, 7) is 4.46. The number of amides is 1. The predicted octanol–water partition coefficient (Wildman–Crippen LogP) is 8.88. The van der Waals surface area contributed by atoms with Gasteiger partial charge in [0.25, 0.3) is 7.82 Å². The Balaban J connectivity index is 4.68. The monoisotopic (exact) mass is 695 g/mol. The zero-order chi connectivity index (χ0) is 35.8. The molecule has 0 saturated carbocycles. The first-order chi connectivity index (χ1) is 23.0. The van der Waals surface area contributed by atoms with Crippen LogP contribution in [0.4, 0.5) is 0 Å². The highest BCUT2D eigenvalue weighted by Gasteiger charge is 2.23. The summed E-state index contributed by atoms with van der Waals surface area (Å²) >= 11 is 0. The van der Waals surface area contributed by atoms with Crippen LogP contribution in [-0.4, -0.2) is 68.5 Å². The van der Waals surface area contributed by atoms with Crippen molar-refractivity contribution in [2.24, 2.45) is 0 Å². The minimum atomic E-state index is -4.60. The molecule has 0 rings (SSSR count). The lowest BCUT2D eigenvalue weighted by molar-refractivity contribution is -0.870. The molecular formula is C39H71N2O6P. The number of carbonyl (C=O) groups is 1. The van der Waals surface area contributed by atoms with Gasteiger partial charge >= 0.3 is 0 Å². The van der Waals surface area contributed by atoms with Gasteiger partial charge in [0.2, 0.25) is 5.91 Å². The van der Waals surface area contributed by atoms with Crippen molar-refractivity contribution in [3.8, 4) is 0 Å². The Bertz CT molecular complexity index is 970. The number of rotatable bonds is 32. The first-order valence-electron chi connectivity index (χ1n) is 18.7. The predicted molar refractivity (Wildman–Crippen MR) is 201 cm³/mol. The van der Waals surface area contributed by atoms with Crippen LogP contribution in [0.25, 0.3) is 0 Å². The number of nitrogens with one attached hydrogen (secondary N) is 1. The third-order valence-corrected chi connectivity index (χ3v) is 8.62. The van der Waals surface area contributed by atoms with E-state index in [9.17, 15) is 19.4 Å². The number of allylic oxidation sites excluding steroid dienone is 9. The van der Waals surface area contributed by atoms with Crippen molar-refractivity contribution in [2.45, 2.75) is 142 Å². The van der Waals surface area contributed by atoms with Gasteiger partial charge in [-0.25, -0.2) is 0 Å². The summed E-state index contributed by atoms with van der Waals surface area (Å²) in [5, 5.41) is 13.6. The van der Waals surface area contributed by atoms with Crippen LogP contribution in [0.3, 0.4) is 0 Å². The average molecular weight is 695 g/mol. The first kappa shape index (κ1) is 46.2. The molecular weight excluding hydrogens is 623 g/mol. The second-order valence-corrected chi connectivity index (χ2v) is 15.0. The zero-order valence-electron chi connectivity index (χ0n) is 31.2. The van der Waals surface area contributed by atoms with Crippen molar-refractivity contribution in [3.63, 3.8) is 0 Å². The number of quaternary nitrogens is 1. The quantitative estimate of drug-likeness (QED) is 0.0315. The Morgan fingerprint density at radius 3 is 1.90 bits per heavy atom. The van der Waals surface area contributed by atoms with Crippen LogP contribution in [0.2, 0.25) is 0 Å². The normalized spacial score (nSPS) is 15.4. The third kappa shape index (κ3) is 32.7. The van der Waals surface area contributed by atoms with Crippen molar-refractivity contribution in [3.05, 3.63) is 60.8 Å². The lowest BCUT2D eigenvalue weighted by atomic mass is 10.1. The van der Waals surface area contributed by atoms with E-state index in [1.165, 1.54) is 25.7 Å². The smallest absolute Gasteiger partial charge is 0.268 e. The highest BCUT2D eigenvalue weighted by molar-refractivity contribution is 7.45. The molecule has 1 amide bonds. The van der Waals surface area contributed by atoms with Crippen molar-refractivity contribution in [1.29, 1.82) is 0 Å². The maximum absolute atomic E-state index is 12.7. The standard InChI is InChI=1S/C39H71N2O6P/c1-6-8-10-12-14-16-18-20-22-24-26-28-30-32-38(42)37(36-47-48(44,45)46-35-34-41(3,4)5)40-39(43)33-31-29-27-25-23-21-19-17-15-13-11-9-7-2/h11,13-14,16-17,19,22,24,30,32,37-38,42H,6-10,12,15,18,20-21,23,25-29,31,33-36H2,1-5H3,(H-,40,43,44,45)/b13-11-,16-14+,19-17-,24-22+,32-30+. The number of aliphatic hydroxyl groups excluding tert-OH is 1. The Morgan fingerprint density at radius 2 is 1.27 bits per heavy atom. The van der Waals surface area contributed by atoms with E-state index in [2.05, 4.69) is 67.8 Å². The molecule has 0 aliphatic heterocycles. The van der Waals surface area contributed by atoms with Gasteiger partial charge in [0.05, 0.1) is 39.9 Å². The van der Waals surface area contributed by atoms with Crippen molar-refractivity contribution >= 4 is 13.7 Å². The highest BCUT2D eigenvalue weighted by Crippen LogP contribution is 2.38. The average Bonchev–Trinajstić information content (AvgIpc) is 3.02. The van der Waals surface area contributed by atoms with Gasteiger partial charge in [0.15, 0.2) is 0 Å². The number of hydrogen-bond acceptors (Lipinski definition) is 6. The lowest BCUT2D eigenvalue weighted by Gasteiger charge is -2.29. The van der Waals surface area contributed by atoms with Gasteiger partial charge in [0.1, 0.15) is 13.2 Å². The summed E-state index contributed by atoms with van der Waals surface area (Å²) in [4.78, 5) is 25.1. The molecule has 3 atom stereocenters. The van der Waals surface area contributed by atoms with Crippen LogP contribution in [0, 0.1) is 0 Å². The van der Waals surface area contributed by atoms with Gasteiger partial charge in [-0.2, -0.15) is 0 Å². The molecule has 0 aliphatic rings. The molecule has 0 aromatic carbocycles. The summed E-state index contributed by atoms with van der Waals surface area (Å²) < 4.78 is 23.0. The van der Waals surface area contributed by atoms with Crippen LogP contribution >= 0.6 is 7.82 Å². The molecule has 0 aliphatic carbocycles. The minimum Gasteiger partial charge on any atom is -0.756 e. The molecule has 0 fully saturated rings. The van der Waals surface area contributed by atoms with Gasteiger partial charge in [-0.15, -0.1) is 0 Å². The van der Waals surface area contributed by atoms with E-state index in [4.69, 9.17) is 9.05 Å². The maximum Gasteiger partial charge on any atom is 0.268 e. The lowest BCUT2D eigenvalue weighted by Crippen LogP contribution is -2.45. The number of phosphoric ester groups is 1. The first-order valence-corrected chi connectivity index (χ1v) is 20.1. The molecule has 0 spiro atoms. The fraction of sp³-hybridized carbons (Fsp3) is 0.718. The van der Waals surface area contributed by atoms with Gasteiger partial charge in [-0.1, -0.05) is 113 Å². The second kappa shape index (κ2) is 31.2. The summed E-state index contributed by atoms with van der Waals surface area (Å²) in [5.41, 5.74) is 0. The zero-order valence-corrected chi connectivity index (χ0v) is 32.1. The Hall–Kier alpha value is -1.80. The van der Waals surface area contributed by atoms with Crippen LogP contribution in [-0.2, 0) is 18.4 Å². The molecule has 3 unspecified atom stereocenters. The summed E-state index contributed by atoms with van der Waals surface area (Å²) in [6, 6.07) is -0.915. The van der Waals surface area contributed by atoms with Crippen LogP contribution < -0.4 is 10.2 Å². The number of unbranched alkanes of at least 4 members (excludes halogenated alkanes) is 11.